The first kappa shape index (κ1) is 10.8. The minimum absolute atomic E-state index is 0.828. The molecule has 0 bridgehead atoms. The lowest BCUT2D eigenvalue weighted by Crippen LogP contribution is -2.09. The zero-order valence-electron chi connectivity index (χ0n) is 8.03. The molecule has 13 heavy (non-hydrogen) atoms. The largest absolute Gasteiger partial charge is 0.304 e. The molecule has 0 fully saturated rings. The second-order valence-electron chi connectivity index (χ2n) is 3.02. The van der Waals surface area contributed by atoms with Gasteiger partial charge in [0.05, 0.1) is 4.21 Å². The van der Waals surface area contributed by atoms with Crippen LogP contribution in [0.25, 0.3) is 0 Å². The van der Waals surface area contributed by atoms with Gasteiger partial charge in [-0.3, -0.25) is 4.79 Å². The van der Waals surface area contributed by atoms with E-state index in [0.29, 0.717) is 0 Å². The van der Waals surface area contributed by atoms with E-state index in [1.54, 1.807) is 23.1 Å². The first-order valence-corrected chi connectivity index (χ1v) is 5.98. The van der Waals surface area contributed by atoms with Crippen LogP contribution >= 0.6 is 23.1 Å². The van der Waals surface area contributed by atoms with Gasteiger partial charge >= 0.3 is 0 Å². The minimum atomic E-state index is 0.828. The van der Waals surface area contributed by atoms with Gasteiger partial charge in [0.15, 0.2) is 6.29 Å². The van der Waals surface area contributed by atoms with E-state index in [9.17, 15) is 4.79 Å². The van der Waals surface area contributed by atoms with Gasteiger partial charge in [-0.15, -0.1) is 23.1 Å². The Kier molecular flexibility index (Phi) is 3.96. The topological polar surface area (TPSA) is 20.3 Å². The first-order valence-electron chi connectivity index (χ1n) is 3.94. The summed E-state index contributed by atoms with van der Waals surface area (Å²) in [5.41, 5.74) is 0.828. The van der Waals surface area contributed by atoms with Crippen LogP contribution < -0.4 is 0 Å². The highest BCUT2D eigenvalue weighted by Crippen LogP contribution is 2.29. The Morgan fingerprint density at radius 1 is 1.62 bits per heavy atom. The fourth-order valence-corrected chi connectivity index (χ4v) is 3.04. The monoisotopic (exact) mass is 215 g/mol. The Morgan fingerprint density at radius 3 is 2.69 bits per heavy atom. The van der Waals surface area contributed by atoms with E-state index in [1.165, 1.54) is 4.88 Å². The second kappa shape index (κ2) is 4.79. The Balaban J connectivity index is 2.86. The van der Waals surface area contributed by atoms with Gasteiger partial charge in [-0.05, 0) is 26.4 Å². The van der Waals surface area contributed by atoms with E-state index in [-0.39, 0.29) is 0 Å². The molecule has 0 N–H and O–H groups in total. The summed E-state index contributed by atoms with van der Waals surface area (Å²) in [5, 5.41) is 0. The molecule has 72 valence electrons. The van der Waals surface area contributed by atoms with Crippen molar-refractivity contribution in [2.45, 2.75) is 10.8 Å². The Bertz CT molecular complexity index is 294. The summed E-state index contributed by atoms with van der Waals surface area (Å²) < 4.78 is 1.12. The number of aldehydes is 1. The quantitative estimate of drug-likeness (QED) is 0.568. The summed E-state index contributed by atoms with van der Waals surface area (Å²) in [6.07, 6.45) is 2.93. The fourth-order valence-electron chi connectivity index (χ4n) is 1.07. The molecule has 0 aliphatic heterocycles. The van der Waals surface area contributed by atoms with Gasteiger partial charge in [-0.25, -0.2) is 0 Å². The second-order valence-corrected chi connectivity index (χ2v) is 5.23. The smallest absolute Gasteiger partial charge is 0.152 e. The van der Waals surface area contributed by atoms with Crippen LogP contribution in [0.2, 0.25) is 0 Å². The molecule has 0 aliphatic rings. The number of nitrogens with zero attached hydrogens (tertiary/aromatic N) is 1. The van der Waals surface area contributed by atoms with Gasteiger partial charge < -0.3 is 4.90 Å². The van der Waals surface area contributed by atoms with Crippen LogP contribution in [-0.2, 0) is 6.54 Å². The van der Waals surface area contributed by atoms with E-state index < -0.39 is 0 Å². The average molecular weight is 215 g/mol. The van der Waals surface area contributed by atoms with Gasteiger partial charge in [-0.1, -0.05) is 0 Å². The highest BCUT2D eigenvalue weighted by molar-refractivity contribution is 8.00. The van der Waals surface area contributed by atoms with Crippen molar-refractivity contribution >= 4 is 29.4 Å². The molecule has 0 aliphatic carbocycles. The maximum Gasteiger partial charge on any atom is 0.152 e. The summed E-state index contributed by atoms with van der Waals surface area (Å²) >= 11 is 3.34. The summed E-state index contributed by atoms with van der Waals surface area (Å²) in [7, 11) is 4.05. The molecule has 1 aromatic heterocycles. The number of carbonyl (C=O) groups is 1. The number of carbonyl (C=O) groups excluding carboxylic acids is 1. The molecule has 0 aromatic carbocycles. The molecule has 0 atom stereocenters. The van der Waals surface area contributed by atoms with Crippen molar-refractivity contribution in [3.05, 3.63) is 16.5 Å². The van der Waals surface area contributed by atoms with Crippen LogP contribution in [-0.4, -0.2) is 31.5 Å². The number of thiophene rings is 1. The van der Waals surface area contributed by atoms with Crippen LogP contribution in [0.15, 0.2) is 10.3 Å². The zero-order valence-corrected chi connectivity index (χ0v) is 9.67. The standard InChI is InChI=1S/C9H13NOS2/c1-10(2)5-8-4-7(6-11)9(12-3)13-8/h4,6H,5H2,1-3H3. The van der Waals surface area contributed by atoms with Crippen molar-refractivity contribution < 1.29 is 4.79 Å². The van der Waals surface area contributed by atoms with Crippen LogP contribution in [0.3, 0.4) is 0 Å². The summed E-state index contributed by atoms with van der Waals surface area (Å²) in [6.45, 7) is 0.909. The lowest BCUT2D eigenvalue weighted by molar-refractivity contribution is 0.112. The zero-order chi connectivity index (χ0) is 9.84. The van der Waals surface area contributed by atoms with Crippen molar-refractivity contribution in [2.75, 3.05) is 20.4 Å². The van der Waals surface area contributed by atoms with Gasteiger partial charge in [0, 0.05) is 17.0 Å². The summed E-state index contributed by atoms with van der Waals surface area (Å²) in [5.74, 6) is 0. The molecule has 1 heterocycles. The Labute approximate surface area is 86.9 Å². The predicted octanol–water partition coefficient (Wildman–Crippen LogP) is 2.34. The van der Waals surface area contributed by atoms with Crippen LogP contribution in [0.1, 0.15) is 15.2 Å². The third-order valence-electron chi connectivity index (χ3n) is 1.56. The number of hydrogen-bond acceptors (Lipinski definition) is 4. The highest BCUT2D eigenvalue weighted by Gasteiger charge is 2.07. The van der Waals surface area contributed by atoms with Gasteiger partial charge in [0.2, 0.25) is 0 Å². The maximum absolute atomic E-state index is 10.7. The molecule has 0 amide bonds. The van der Waals surface area contributed by atoms with Crippen LogP contribution in [0, 0.1) is 0 Å². The van der Waals surface area contributed by atoms with Crippen molar-refractivity contribution in [3.63, 3.8) is 0 Å². The highest BCUT2D eigenvalue weighted by atomic mass is 32.2. The predicted molar refractivity (Wildman–Crippen MR) is 58.9 cm³/mol. The molecule has 1 rings (SSSR count). The fraction of sp³-hybridized carbons (Fsp3) is 0.444. The molecule has 2 nitrogen and oxygen atoms in total. The number of hydrogen-bond donors (Lipinski definition) is 0. The van der Waals surface area contributed by atoms with E-state index >= 15 is 0 Å². The Hall–Kier alpha value is -0.320. The molecule has 1 aromatic rings. The van der Waals surface area contributed by atoms with Crippen molar-refractivity contribution in [3.8, 4) is 0 Å². The molecular weight excluding hydrogens is 202 g/mol. The van der Waals surface area contributed by atoms with Crippen molar-refractivity contribution in [2.24, 2.45) is 0 Å². The van der Waals surface area contributed by atoms with Crippen molar-refractivity contribution in [1.29, 1.82) is 0 Å². The lowest BCUT2D eigenvalue weighted by Gasteiger charge is -2.05. The third-order valence-corrected chi connectivity index (χ3v) is 3.85. The van der Waals surface area contributed by atoms with E-state index in [2.05, 4.69) is 4.90 Å². The van der Waals surface area contributed by atoms with Gasteiger partial charge in [0.25, 0.3) is 0 Å². The first-order chi connectivity index (χ1) is 6.17. The Morgan fingerprint density at radius 2 is 2.31 bits per heavy atom. The summed E-state index contributed by atoms with van der Waals surface area (Å²) in [6, 6.07) is 1.98. The SMILES string of the molecule is CSc1sc(CN(C)C)cc1C=O. The van der Waals surface area contributed by atoms with Crippen LogP contribution in [0.4, 0.5) is 0 Å². The summed E-state index contributed by atoms with van der Waals surface area (Å²) in [4.78, 5) is 14.0. The van der Waals surface area contributed by atoms with Crippen molar-refractivity contribution in [1.82, 2.24) is 4.90 Å². The molecular formula is C9H13NOS2. The van der Waals surface area contributed by atoms with Gasteiger partial charge in [0.1, 0.15) is 0 Å². The normalized spacial score (nSPS) is 10.8. The molecule has 0 saturated heterocycles. The number of rotatable bonds is 4. The molecule has 4 heteroatoms. The third kappa shape index (κ3) is 2.83. The van der Waals surface area contributed by atoms with E-state index in [1.807, 2.05) is 26.4 Å². The molecule has 0 unspecified atom stereocenters. The molecule has 0 saturated carbocycles. The minimum Gasteiger partial charge on any atom is -0.304 e. The molecule has 0 spiro atoms. The molecule has 0 radical (unpaired) electrons. The number of thioether (sulfide) groups is 1. The van der Waals surface area contributed by atoms with E-state index in [0.717, 1.165) is 22.6 Å². The van der Waals surface area contributed by atoms with Crippen LogP contribution in [0.5, 0.6) is 0 Å². The maximum atomic E-state index is 10.7. The lowest BCUT2D eigenvalue weighted by atomic mass is 10.3. The average Bonchev–Trinajstić information content (AvgIpc) is 2.45. The van der Waals surface area contributed by atoms with E-state index in [4.69, 9.17) is 0 Å². The van der Waals surface area contributed by atoms with Gasteiger partial charge in [-0.2, -0.15) is 0 Å².